The van der Waals surface area contributed by atoms with Crippen LogP contribution in [0.1, 0.15) is 40.3 Å². The summed E-state index contributed by atoms with van der Waals surface area (Å²) in [7, 11) is -2.39. The third-order valence-corrected chi connectivity index (χ3v) is 7.95. The summed E-state index contributed by atoms with van der Waals surface area (Å²) >= 11 is 0. The molecule has 8 nitrogen and oxygen atoms in total. The molecule has 2 aromatic carbocycles. The van der Waals surface area contributed by atoms with Gasteiger partial charge in [-0.2, -0.15) is 0 Å². The molecule has 0 bridgehead atoms. The first-order valence-corrected chi connectivity index (χ1v) is 13.3. The Labute approximate surface area is 204 Å². The average Bonchev–Trinajstić information content (AvgIpc) is 3.22. The zero-order valence-corrected chi connectivity index (χ0v) is 20.0. The summed E-state index contributed by atoms with van der Waals surface area (Å²) in [6, 6.07) is 15.6. The van der Waals surface area contributed by atoms with Crippen LogP contribution in [0.15, 0.2) is 59.7 Å². The van der Waals surface area contributed by atoms with Crippen molar-refractivity contribution in [3.05, 3.63) is 93.2 Å². The summed E-state index contributed by atoms with van der Waals surface area (Å²) in [5, 5.41) is 23.1. The van der Waals surface area contributed by atoms with Crippen molar-refractivity contribution >= 4 is 9.73 Å². The molecule has 4 rings (SSSR count). The molecule has 1 aliphatic rings. The smallest absolute Gasteiger partial charge is 0.293 e. The Kier molecular flexibility index (Phi) is 7.66. The number of H-pyrrole nitrogens is 1. The van der Waals surface area contributed by atoms with E-state index in [9.17, 15) is 19.2 Å². The number of nitrogens with zero attached hydrogens (tertiary/aromatic N) is 1. The first-order chi connectivity index (χ1) is 16.8. The Balaban J connectivity index is 1.35. The van der Waals surface area contributed by atoms with E-state index in [0.717, 1.165) is 28.7 Å². The number of rotatable bonds is 7. The lowest BCUT2D eigenvalue weighted by Gasteiger charge is -2.14. The van der Waals surface area contributed by atoms with Crippen molar-refractivity contribution in [3.8, 4) is 17.6 Å². The molecule has 1 fully saturated rings. The second-order valence-electron chi connectivity index (χ2n) is 8.73. The summed E-state index contributed by atoms with van der Waals surface area (Å²) in [5.74, 6) is 6.46. The number of aromatic amines is 1. The number of aromatic hydroxyl groups is 1. The van der Waals surface area contributed by atoms with E-state index in [-0.39, 0.29) is 30.7 Å². The Morgan fingerprint density at radius 3 is 2.40 bits per heavy atom. The first-order valence-electron chi connectivity index (χ1n) is 11.4. The van der Waals surface area contributed by atoms with Gasteiger partial charge in [-0.3, -0.25) is 9.57 Å². The SMILES string of the molecule is N=[S@@]1(=O)CC[C@@H](NCc2ccc(C#Cc3ccc(C(CO)Cc4nc[nH]c(=O)c4O)cc3)cc2)C1. The predicted octanol–water partition coefficient (Wildman–Crippen LogP) is 2.10. The van der Waals surface area contributed by atoms with Crippen LogP contribution >= 0.6 is 0 Å². The third kappa shape index (κ3) is 6.57. The molecule has 1 aromatic heterocycles. The van der Waals surface area contributed by atoms with Gasteiger partial charge in [0.25, 0.3) is 5.56 Å². The number of aliphatic hydroxyl groups is 1. The number of aromatic nitrogens is 2. The fourth-order valence-electron chi connectivity index (χ4n) is 4.04. The molecular formula is C26H28N4O4S. The third-order valence-electron chi connectivity index (χ3n) is 6.11. The fraction of sp³-hybridized carbons (Fsp3) is 0.308. The summed E-state index contributed by atoms with van der Waals surface area (Å²) in [4.78, 5) is 17.9. The van der Waals surface area contributed by atoms with Crippen LogP contribution in [0.5, 0.6) is 5.75 Å². The highest BCUT2D eigenvalue weighted by Crippen LogP contribution is 2.22. The Morgan fingerprint density at radius 2 is 1.80 bits per heavy atom. The van der Waals surface area contributed by atoms with Crippen molar-refractivity contribution in [1.29, 1.82) is 4.78 Å². The summed E-state index contributed by atoms with van der Waals surface area (Å²) in [5.41, 5.74) is 3.33. The first kappa shape index (κ1) is 24.7. The van der Waals surface area contributed by atoms with Gasteiger partial charge in [-0.25, -0.2) is 9.19 Å². The Morgan fingerprint density at radius 1 is 1.14 bits per heavy atom. The van der Waals surface area contributed by atoms with E-state index < -0.39 is 21.0 Å². The van der Waals surface area contributed by atoms with E-state index in [2.05, 4.69) is 27.1 Å². The molecule has 3 atom stereocenters. The maximum Gasteiger partial charge on any atom is 0.293 e. The van der Waals surface area contributed by atoms with E-state index in [4.69, 9.17) is 4.78 Å². The molecule has 182 valence electrons. The fourth-order valence-corrected chi connectivity index (χ4v) is 5.80. The average molecular weight is 493 g/mol. The number of hydrogen-bond acceptors (Lipinski definition) is 7. The van der Waals surface area contributed by atoms with Gasteiger partial charge in [-0.15, -0.1) is 0 Å². The number of nitrogens with one attached hydrogen (secondary N) is 3. The van der Waals surface area contributed by atoms with Crippen LogP contribution in [0.3, 0.4) is 0 Å². The van der Waals surface area contributed by atoms with Crippen LogP contribution in [-0.4, -0.2) is 48.5 Å². The van der Waals surface area contributed by atoms with Crippen molar-refractivity contribution in [1.82, 2.24) is 15.3 Å². The summed E-state index contributed by atoms with van der Waals surface area (Å²) in [6.07, 6.45) is 2.26. The largest absolute Gasteiger partial charge is 0.502 e. The Bertz CT molecular complexity index is 1390. The van der Waals surface area contributed by atoms with E-state index in [1.54, 1.807) is 0 Å². The highest BCUT2D eigenvalue weighted by molar-refractivity contribution is 7.92. The normalized spacial score (nSPS) is 20.2. The Hall–Kier alpha value is -3.45. The number of hydrogen-bond donors (Lipinski definition) is 5. The molecule has 0 amide bonds. The molecule has 1 aliphatic heterocycles. The van der Waals surface area contributed by atoms with E-state index in [0.29, 0.717) is 18.1 Å². The van der Waals surface area contributed by atoms with Gasteiger partial charge in [-0.1, -0.05) is 36.1 Å². The minimum Gasteiger partial charge on any atom is -0.502 e. The molecular weight excluding hydrogens is 464 g/mol. The second kappa shape index (κ2) is 10.9. The summed E-state index contributed by atoms with van der Waals surface area (Å²) in [6.45, 7) is 0.523. The molecule has 9 heteroatoms. The zero-order chi connectivity index (χ0) is 24.8. The maximum absolute atomic E-state index is 11.8. The minimum atomic E-state index is -2.39. The zero-order valence-electron chi connectivity index (χ0n) is 19.2. The molecule has 1 unspecified atom stereocenters. The van der Waals surface area contributed by atoms with Gasteiger partial charge in [0.05, 0.1) is 18.6 Å². The van der Waals surface area contributed by atoms with Crippen molar-refractivity contribution in [2.24, 2.45) is 0 Å². The summed E-state index contributed by atoms with van der Waals surface area (Å²) < 4.78 is 19.5. The van der Waals surface area contributed by atoms with Gasteiger partial charge in [0.2, 0.25) is 5.75 Å². The van der Waals surface area contributed by atoms with Gasteiger partial charge in [0.15, 0.2) is 0 Å². The highest BCUT2D eigenvalue weighted by atomic mass is 32.2. The molecule has 1 saturated heterocycles. The molecule has 35 heavy (non-hydrogen) atoms. The van der Waals surface area contributed by atoms with Crippen LogP contribution in [0.2, 0.25) is 0 Å². The van der Waals surface area contributed by atoms with E-state index >= 15 is 0 Å². The lowest BCUT2D eigenvalue weighted by atomic mass is 9.94. The number of aliphatic hydroxyl groups excluding tert-OH is 1. The van der Waals surface area contributed by atoms with Crippen LogP contribution in [0, 0.1) is 16.6 Å². The minimum absolute atomic E-state index is 0.144. The van der Waals surface area contributed by atoms with Crippen molar-refractivity contribution in [2.45, 2.75) is 31.3 Å². The topological polar surface area (TPSA) is 139 Å². The molecule has 0 radical (unpaired) electrons. The van der Waals surface area contributed by atoms with Gasteiger partial charge >= 0.3 is 0 Å². The second-order valence-corrected chi connectivity index (χ2v) is 11.1. The lowest BCUT2D eigenvalue weighted by molar-refractivity contribution is 0.263. The van der Waals surface area contributed by atoms with Crippen molar-refractivity contribution in [2.75, 3.05) is 18.1 Å². The quantitative estimate of drug-likeness (QED) is 0.320. The molecule has 0 aliphatic carbocycles. The van der Waals surface area contributed by atoms with Crippen molar-refractivity contribution < 1.29 is 14.4 Å². The molecule has 5 N–H and O–H groups in total. The monoisotopic (exact) mass is 492 g/mol. The van der Waals surface area contributed by atoms with Gasteiger partial charge < -0.3 is 20.5 Å². The molecule has 3 aromatic rings. The van der Waals surface area contributed by atoms with Crippen LogP contribution in [0.25, 0.3) is 0 Å². The highest BCUT2D eigenvalue weighted by Gasteiger charge is 2.24. The van der Waals surface area contributed by atoms with Crippen LogP contribution in [-0.2, 0) is 22.7 Å². The van der Waals surface area contributed by atoms with E-state index in [1.807, 2.05) is 48.5 Å². The van der Waals surface area contributed by atoms with Gasteiger partial charge in [0, 0.05) is 57.3 Å². The van der Waals surface area contributed by atoms with Crippen LogP contribution in [0.4, 0.5) is 0 Å². The van der Waals surface area contributed by atoms with Crippen molar-refractivity contribution in [3.63, 3.8) is 0 Å². The maximum atomic E-state index is 11.8. The molecule has 0 saturated carbocycles. The molecule has 0 spiro atoms. The standard InChI is InChI=1S/C26H28N4O4S/c27-35(34)12-11-23(16-35)28-14-20-5-3-18(4-6-20)1-2-19-7-9-21(10-8-19)22(15-31)13-24-25(32)26(33)30-17-29-24/h3-10,17,22-23,27-28,31-32H,11-16H2,(H,29,30,33)/t22?,23-,35-/m1/s1. The number of benzene rings is 2. The van der Waals surface area contributed by atoms with Gasteiger partial charge in [-0.05, 0) is 41.8 Å². The van der Waals surface area contributed by atoms with Crippen LogP contribution < -0.4 is 10.9 Å². The lowest BCUT2D eigenvalue weighted by Crippen LogP contribution is -2.29. The van der Waals surface area contributed by atoms with Gasteiger partial charge in [0.1, 0.15) is 0 Å². The van der Waals surface area contributed by atoms with E-state index in [1.165, 1.54) is 6.33 Å². The molecule has 2 heterocycles. The predicted molar refractivity (Wildman–Crippen MR) is 135 cm³/mol.